The monoisotopic (exact) mass is 200 g/mol. The van der Waals surface area contributed by atoms with E-state index in [9.17, 15) is 0 Å². The molecule has 0 fully saturated rings. The zero-order valence-electron chi connectivity index (χ0n) is 7.94. The van der Waals surface area contributed by atoms with Crippen LogP contribution in [0.4, 0.5) is 0 Å². The van der Waals surface area contributed by atoms with Crippen LogP contribution in [0.15, 0.2) is 54.1 Å². The molecule has 2 rings (SSSR count). The number of hydrogen-bond donors (Lipinski definition) is 0. The van der Waals surface area contributed by atoms with Crippen LogP contribution in [0, 0.1) is 0 Å². The fourth-order valence-electron chi connectivity index (χ4n) is 1.56. The highest BCUT2D eigenvalue weighted by molar-refractivity contribution is 7.81. The zero-order chi connectivity index (χ0) is 9.80. The minimum atomic E-state index is 0.980. The Morgan fingerprint density at radius 2 is 1.86 bits per heavy atom. The molecular formula is C13H12S. The molecule has 0 saturated carbocycles. The van der Waals surface area contributed by atoms with E-state index in [0.717, 1.165) is 23.3 Å². The van der Waals surface area contributed by atoms with E-state index >= 15 is 0 Å². The number of benzene rings is 1. The highest BCUT2D eigenvalue weighted by Gasteiger charge is 2.06. The lowest BCUT2D eigenvalue weighted by Gasteiger charge is -2.09. The second-order valence-electron chi connectivity index (χ2n) is 3.34. The van der Waals surface area contributed by atoms with Crippen molar-refractivity contribution in [1.82, 2.24) is 0 Å². The van der Waals surface area contributed by atoms with Crippen LogP contribution in [0.1, 0.15) is 18.4 Å². The maximum Gasteiger partial charge on any atom is 0.0481 e. The first-order valence-electron chi connectivity index (χ1n) is 4.82. The first-order chi connectivity index (χ1) is 6.88. The van der Waals surface area contributed by atoms with Gasteiger partial charge in [-0.05, 0) is 24.0 Å². The molecule has 0 aliphatic heterocycles. The van der Waals surface area contributed by atoms with Gasteiger partial charge in [-0.25, -0.2) is 0 Å². The second-order valence-corrected chi connectivity index (χ2v) is 3.74. The zero-order valence-corrected chi connectivity index (χ0v) is 8.76. The summed E-state index contributed by atoms with van der Waals surface area (Å²) in [6.45, 7) is 0. The van der Waals surface area contributed by atoms with E-state index < -0.39 is 0 Å². The summed E-state index contributed by atoms with van der Waals surface area (Å²) in [7, 11) is 0. The molecule has 0 saturated heterocycles. The molecule has 14 heavy (non-hydrogen) atoms. The summed E-state index contributed by atoms with van der Waals surface area (Å²) >= 11 is 5.44. The Hall–Kier alpha value is -1.21. The van der Waals surface area contributed by atoms with Crippen molar-refractivity contribution < 1.29 is 0 Å². The predicted octanol–water partition coefficient (Wildman–Crippen LogP) is 3.68. The van der Waals surface area contributed by atoms with Crippen LogP contribution in [0.2, 0.25) is 0 Å². The molecule has 1 aliphatic carbocycles. The highest BCUT2D eigenvalue weighted by Crippen LogP contribution is 2.17. The van der Waals surface area contributed by atoms with Crippen LogP contribution in [0.25, 0.3) is 0 Å². The van der Waals surface area contributed by atoms with Crippen molar-refractivity contribution in [3.05, 3.63) is 59.7 Å². The van der Waals surface area contributed by atoms with E-state index in [-0.39, 0.29) is 0 Å². The summed E-state index contributed by atoms with van der Waals surface area (Å²) in [6, 6.07) is 10.2. The van der Waals surface area contributed by atoms with Crippen LogP contribution in [0.3, 0.4) is 0 Å². The van der Waals surface area contributed by atoms with E-state index in [0.29, 0.717) is 0 Å². The highest BCUT2D eigenvalue weighted by atomic mass is 32.1. The van der Waals surface area contributed by atoms with E-state index in [1.165, 1.54) is 5.57 Å². The van der Waals surface area contributed by atoms with Gasteiger partial charge in [0, 0.05) is 4.86 Å². The van der Waals surface area contributed by atoms with Crippen molar-refractivity contribution in [2.45, 2.75) is 12.8 Å². The van der Waals surface area contributed by atoms with Crippen molar-refractivity contribution in [1.29, 1.82) is 0 Å². The third-order valence-electron chi connectivity index (χ3n) is 2.33. The molecule has 0 spiro atoms. The lowest BCUT2D eigenvalue weighted by Crippen LogP contribution is -2.02. The van der Waals surface area contributed by atoms with Crippen molar-refractivity contribution >= 4 is 17.1 Å². The van der Waals surface area contributed by atoms with Gasteiger partial charge in [0.15, 0.2) is 0 Å². The van der Waals surface area contributed by atoms with Crippen LogP contribution < -0.4 is 0 Å². The molecule has 0 amide bonds. The smallest absolute Gasteiger partial charge is 0.0481 e. The first kappa shape index (κ1) is 9.35. The Bertz CT molecular complexity index is 385. The third-order valence-corrected chi connectivity index (χ3v) is 2.83. The normalized spacial score (nSPS) is 15.0. The summed E-state index contributed by atoms with van der Waals surface area (Å²) < 4.78 is 0. The van der Waals surface area contributed by atoms with Crippen molar-refractivity contribution in [2.75, 3.05) is 0 Å². The van der Waals surface area contributed by atoms with Gasteiger partial charge in [0.2, 0.25) is 0 Å². The maximum absolute atomic E-state index is 5.44. The number of allylic oxidation sites excluding steroid dienone is 4. The van der Waals surface area contributed by atoms with E-state index in [2.05, 4.69) is 30.4 Å². The van der Waals surface area contributed by atoms with Gasteiger partial charge in [-0.15, -0.1) is 0 Å². The molecule has 0 unspecified atom stereocenters. The summed E-state index contributed by atoms with van der Waals surface area (Å²) in [5.74, 6) is 0. The lowest BCUT2D eigenvalue weighted by atomic mass is 9.98. The topological polar surface area (TPSA) is 0 Å². The van der Waals surface area contributed by atoms with Gasteiger partial charge in [0.05, 0.1) is 0 Å². The van der Waals surface area contributed by atoms with E-state index in [4.69, 9.17) is 12.2 Å². The van der Waals surface area contributed by atoms with Crippen molar-refractivity contribution in [3.63, 3.8) is 0 Å². The summed E-state index contributed by atoms with van der Waals surface area (Å²) in [5.41, 5.74) is 2.44. The minimum Gasteiger partial charge on any atom is -0.0844 e. The summed E-state index contributed by atoms with van der Waals surface area (Å²) in [6.07, 6.45) is 8.58. The molecule has 1 aliphatic rings. The van der Waals surface area contributed by atoms with Gasteiger partial charge < -0.3 is 0 Å². The first-order valence-corrected chi connectivity index (χ1v) is 5.22. The quantitative estimate of drug-likeness (QED) is 0.398. The molecule has 0 nitrogen and oxygen atoms in total. The molecule has 1 aromatic carbocycles. The minimum absolute atomic E-state index is 0.980. The van der Waals surface area contributed by atoms with Crippen molar-refractivity contribution in [2.24, 2.45) is 0 Å². The molecular weight excluding hydrogens is 188 g/mol. The summed E-state index contributed by atoms with van der Waals surface area (Å²) in [4.78, 5) is 0.995. The molecule has 0 atom stereocenters. The molecule has 0 bridgehead atoms. The Morgan fingerprint density at radius 3 is 2.50 bits per heavy atom. The van der Waals surface area contributed by atoms with Crippen molar-refractivity contribution in [3.8, 4) is 0 Å². The number of rotatable bonds is 2. The lowest BCUT2D eigenvalue weighted by molar-refractivity contribution is 1.19. The fraction of sp³-hybridized carbons (Fsp3) is 0.154. The van der Waals surface area contributed by atoms with Crippen LogP contribution in [0.5, 0.6) is 0 Å². The molecule has 0 N–H and O–H groups in total. The molecule has 1 aromatic rings. The fourth-order valence-corrected chi connectivity index (χ4v) is 1.86. The maximum atomic E-state index is 5.44. The Balaban J connectivity index is 2.21. The van der Waals surface area contributed by atoms with Gasteiger partial charge >= 0.3 is 0 Å². The third kappa shape index (κ3) is 1.99. The van der Waals surface area contributed by atoms with Crippen LogP contribution >= 0.6 is 12.2 Å². The molecule has 0 aromatic heterocycles. The summed E-state index contributed by atoms with van der Waals surface area (Å²) in [5, 5.41) is 0. The van der Waals surface area contributed by atoms with Gasteiger partial charge in [-0.3, -0.25) is 0 Å². The number of hydrogen-bond acceptors (Lipinski definition) is 1. The Kier molecular flexibility index (Phi) is 2.90. The van der Waals surface area contributed by atoms with Crippen LogP contribution in [-0.4, -0.2) is 4.86 Å². The standard InChI is InChI=1S/C13H12S/c14-13(11-7-3-1-4-8-11)12-9-5-2-6-10-12/h1-5,7-8,10H,6,9H2. The molecule has 0 radical (unpaired) electrons. The Morgan fingerprint density at radius 1 is 1.07 bits per heavy atom. The van der Waals surface area contributed by atoms with Gasteiger partial charge in [0.25, 0.3) is 0 Å². The molecule has 0 heterocycles. The van der Waals surface area contributed by atoms with Gasteiger partial charge in [-0.2, -0.15) is 0 Å². The van der Waals surface area contributed by atoms with Crippen LogP contribution in [-0.2, 0) is 0 Å². The SMILES string of the molecule is S=C(C1=CCC=CC1)c1ccccc1. The van der Waals surface area contributed by atoms with E-state index in [1.807, 2.05) is 18.2 Å². The average Bonchev–Trinajstić information content (AvgIpc) is 2.30. The Labute approximate surface area is 90.0 Å². The molecule has 70 valence electrons. The second kappa shape index (κ2) is 4.34. The van der Waals surface area contributed by atoms with Gasteiger partial charge in [0.1, 0.15) is 0 Å². The molecule has 1 heteroatoms. The largest absolute Gasteiger partial charge is 0.0844 e. The van der Waals surface area contributed by atoms with E-state index in [1.54, 1.807) is 0 Å². The van der Waals surface area contributed by atoms with Gasteiger partial charge in [-0.1, -0.05) is 60.8 Å². The predicted molar refractivity (Wildman–Crippen MR) is 64.6 cm³/mol. The number of thiocarbonyl (C=S) groups is 1. The average molecular weight is 200 g/mol.